The molecule has 2 saturated carbocycles. The van der Waals surface area contributed by atoms with Crippen molar-refractivity contribution in [2.75, 3.05) is 0 Å². The molecule has 2 atom stereocenters. The molecule has 0 aromatic heterocycles. The van der Waals surface area contributed by atoms with Crippen LogP contribution in [0.25, 0.3) is 0 Å². The molecule has 90 valence electrons. The molecule has 0 nitrogen and oxygen atoms in total. The second-order valence-electron chi connectivity index (χ2n) is 5.33. The van der Waals surface area contributed by atoms with Crippen molar-refractivity contribution < 1.29 is 0 Å². The van der Waals surface area contributed by atoms with E-state index in [2.05, 4.69) is 37.3 Å². The van der Waals surface area contributed by atoms with Gasteiger partial charge in [0.15, 0.2) is 0 Å². The average molecular weight is 291 g/mol. The van der Waals surface area contributed by atoms with Gasteiger partial charge in [-0.25, -0.2) is 0 Å². The summed E-state index contributed by atoms with van der Waals surface area (Å²) in [4.78, 5) is 0. The van der Waals surface area contributed by atoms with Crippen LogP contribution < -0.4 is 4.46 Å². The van der Waals surface area contributed by atoms with Crippen molar-refractivity contribution in [3.63, 3.8) is 0 Å². The summed E-state index contributed by atoms with van der Waals surface area (Å²) in [5.74, 6) is 2.02. The molecule has 0 radical (unpaired) electrons. The predicted molar refractivity (Wildman–Crippen MR) is 74.8 cm³/mol. The van der Waals surface area contributed by atoms with Gasteiger partial charge >= 0.3 is 111 Å². The van der Waals surface area contributed by atoms with Gasteiger partial charge in [-0.15, -0.1) is 0 Å². The molecule has 2 aliphatic carbocycles. The molecule has 1 aromatic carbocycles. The Balaban J connectivity index is 1.61. The van der Waals surface area contributed by atoms with Crippen molar-refractivity contribution in [2.24, 2.45) is 11.8 Å². The summed E-state index contributed by atoms with van der Waals surface area (Å²) in [5.41, 5.74) is 3.59. The number of rotatable bonds is 3. The minimum absolute atomic E-state index is 0.643. The SMILES string of the molecule is CC(C[Se]c1ccccc1)=C1[C@H]2CCCC[C@@H]12. The maximum atomic E-state index is 2.39. The van der Waals surface area contributed by atoms with Crippen LogP contribution in [0.2, 0.25) is 5.32 Å². The van der Waals surface area contributed by atoms with Gasteiger partial charge in [-0.3, -0.25) is 0 Å². The Morgan fingerprint density at radius 2 is 1.76 bits per heavy atom. The molecule has 0 saturated heterocycles. The molecular formula is C16H20Se. The van der Waals surface area contributed by atoms with Gasteiger partial charge in [0.2, 0.25) is 0 Å². The second kappa shape index (κ2) is 5.00. The third-order valence-corrected chi connectivity index (χ3v) is 6.63. The molecule has 2 fully saturated rings. The fraction of sp³-hybridized carbons (Fsp3) is 0.500. The first kappa shape index (κ1) is 11.6. The maximum absolute atomic E-state index is 2.39. The Hall–Kier alpha value is -0.521. The van der Waals surface area contributed by atoms with Crippen LogP contribution in [0.3, 0.4) is 0 Å². The van der Waals surface area contributed by atoms with Crippen LogP contribution in [-0.4, -0.2) is 15.0 Å². The average Bonchev–Trinajstić information content (AvgIpc) is 3.11. The molecule has 0 N–H and O–H groups in total. The van der Waals surface area contributed by atoms with E-state index >= 15 is 0 Å². The number of hydrogen-bond donors (Lipinski definition) is 0. The van der Waals surface area contributed by atoms with Crippen LogP contribution >= 0.6 is 0 Å². The topological polar surface area (TPSA) is 0 Å². The first-order chi connectivity index (χ1) is 8.36. The van der Waals surface area contributed by atoms with Gasteiger partial charge in [0.1, 0.15) is 0 Å². The fourth-order valence-electron chi connectivity index (χ4n) is 3.25. The van der Waals surface area contributed by atoms with Gasteiger partial charge in [-0.05, 0) is 0 Å². The number of allylic oxidation sites excluding steroid dienone is 2. The van der Waals surface area contributed by atoms with Gasteiger partial charge in [0.05, 0.1) is 0 Å². The summed E-state index contributed by atoms with van der Waals surface area (Å²) < 4.78 is 1.54. The number of benzene rings is 1. The van der Waals surface area contributed by atoms with E-state index in [1.54, 1.807) is 10.0 Å². The van der Waals surface area contributed by atoms with Crippen LogP contribution in [0, 0.1) is 11.8 Å². The molecule has 0 heterocycles. The summed E-state index contributed by atoms with van der Waals surface area (Å²) in [7, 11) is 0. The van der Waals surface area contributed by atoms with Gasteiger partial charge in [0.25, 0.3) is 0 Å². The molecule has 3 rings (SSSR count). The van der Waals surface area contributed by atoms with Crippen LogP contribution in [0.1, 0.15) is 32.6 Å². The zero-order valence-electron chi connectivity index (χ0n) is 10.5. The Labute approximate surface area is 111 Å². The Morgan fingerprint density at radius 1 is 1.12 bits per heavy atom. The van der Waals surface area contributed by atoms with E-state index in [0.717, 1.165) is 11.8 Å². The van der Waals surface area contributed by atoms with Crippen LogP contribution in [0.15, 0.2) is 41.5 Å². The molecule has 1 heteroatoms. The zero-order chi connectivity index (χ0) is 11.7. The Morgan fingerprint density at radius 3 is 2.41 bits per heavy atom. The van der Waals surface area contributed by atoms with Crippen LogP contribution in [0.4, 0.5) is 0 Å². The summed E-state index contributed by atoms with van der Waals surface area (Å²) in [6.45, 7) is 2.39. The second-order valence-corrected chi connectivity index (χ2v) is 7.54. The van der Waals surface area contributed by atoms with Gasteiger partial charge in [-0.2, -0.15) is 0 Å². The predicted octanol–water partition coefficient (Wildman–Crippen LogP) is 3.57. The molecule has 17 heavy (non-hydrogen) atoms. The van der Waals surface area contributed by atoms with Crippen molar-refractivity contribution in [1.82, 2.24) is 0 Å². The van der Waals surface area contributed by atoms with Gasteiger partial charge in [0, 0.05) is 0 Å². The summed E-state index contributed by atoms with van der Waals surface area (Å²) in [6, 6.07) is 11.0. The summed E-state index contributed by atoms with van der Waals surface area (Å²) >= 11 is 0.643. The zero-order valence-corrected chi connectivity index (χ0v) is 12.2. The number of fused-ring (bicyclic) bond motifs is 1. The molecule has 0 bridgehead atoms. The van der Waals surface area contributed by atoms with Gasteiger partial charge in [-0.1, -0.05) is 0 Å². The first-order valence-electron chi connectivity index (χ1n) is 6.73. The summed E-state index contributed by atoms with van der Waals surface area (Å²) in [5, 5.41) is 1.33. The van der Waals surface area contributed by atoms with Crippen LogP contribution in [-0.2, 0) is 0 Å². The van der Waals surface area contributed by atoms with Crippen molar-refractivity contribution in [1.29, 1.82) is 0 Å². The van der Waals surface area contributed by atoms with Crippen molar-refractivity contribution in [2.45, 2.75) is 37.9 Å². The molecule has 0 amide bonds. The number of hydrogen-bond acceptors (Lipinski definition) is 0. The van der Waals surface area contributed by atoms with E-state index < -0.39 is 0 Å². The van der Waals surface area contributed by atoms with E-state index in [1.807, 2.05) is 5.57 Å². The third kappa shape index (κ3) is 2.51. The monoisotopic (exact) mass is 292 g/mol. The van der Waals surface area contributed by atoms with Crippen molar-refractivity contribution >= 4 is 19.4 Å². The van der Waals surface area contributed by atoms with E-state index in [4.69, 9.17) is 0 Å². The first-order valence-corrected chi connectivity index (χ1v) is 8.80. The minimum atomic E-state index is 0.643. The van der Waals surface area contributed by atoms with Crippen molar-refractivity contribution in [3.05, 3.63) is 41.5 Å². The van der Waals surface area contributed by atoms with Gasteiger partial charge < -0.3 is 0 Å². The van der Waals surface area contributed by atoms with Crippen LogP contribution in [0.5, 0.6) is 0 Å². The fourth-order valence-corrected chi connectivity index (χ4v) is 5.13. The standard InChI is InChI=1S/C16H20Se/c1-12(11-17-13-7-3-2-4-8-13)16-14-9-5-6-10-15(14)16/h2-4,7-8,14-15H,5-6,9-11H2,1H3/t14-,15+. The van der Waals surface area contributed by atoms with E-state index in [1.165, 1.54) is 31.0 Å². The molecular weight excluding hydrogens is 271 g/mol. The normalized spacial score (nSPS) is 29.7. The van der Waals surface area contributed by atoms with E-state index in [-0.39, 0.29) is 0 Å². The Kier molecular flexibility index (Phi) is 3.40. The Bertz CT molecular complexity index is 404. The quantitative estimate of drug-likeness (QED) is 0.590. The molecule has 2 aliphatic rings. The molecule has 0 spiro atoms. The summed E-state index contributed by atoms with van der Waals surface area (Å²) in [6.07, 6.45) is 5.91. The van der Waals surface area contributed by atoms with E-state index in [0.29, 0.717) is 15.0 Å². The molecule has 1 aromatic rings. The molecule has 0 aliphatic heterocycles. The third-order valence-electron chi connectivity index (χ3n) is 4.15. The van der Waals surface area contributed by atoms with Crippen molar-refractivity contribution in [3.8, 4) is 0 Å². The van der Waals surface area contributed by atoms with E-state index in [9.17, 15) is 0 Å². The molecule has 0 unspecified atom stereocenters.